The molecular formula is C25H29N3O5. The van der Waals surface area contributed by atoms with E-state index in [-0.39, 0.29) is 28.7 Å². The van der Waals surface area contributed by atoms with Gasteiger partial charge in [0.05, 0.1) is 16.1 Å². The highest BCUT2D eigenvalue weighted by Crippen LogP contribution is 2.29. The van der Waals surface area contributed by atoms with Gasteiger partial charge in [-0.05, 0) is 43.4 Å². The molecule has 8 nitrogen and oxygen atoms in total. The van der Waals surface area contributed by atoms with Gasteiger partial charge in [-0.1, -0.05) is 45.0 Å². The molecule has 0 aliphatic carbocycles. The summed E-state index contributed by atoms with van der Waals surface area (Å²) in [6.45, 7) is 10.0. The molecule has 0 fully saturated rings. The second-order valence-corrected chi connectivity index (χ2v) is 10.3. The molecule has 0 spiro atoms. The van der Waals surface area contributed by atoms with Crippen molar-refractivity contribution in [1.29, 1.82) is 0 Å². The maximum atomic E-state index is 13.5. The zero-order valence-electron chi connectivity index (χ0n) is 19.5. The van der Waals surface area contributed by atoms with Crippen molar-refractivity contribution in [2.75, 3.05) is 0 Å². The second kappa shape index (κ2) is 8.77. The standard InChI is InChI=1S/C25H29N3O5/c1-24(2,3)15-25(4,5)26-21(29)20(14-16-10-12-17(13-11-16)28(32)33)27-22(30)18-8-6-7-9-19(18)23(27)31/h6-13,20H,14-15H2,1-5H3,(H,26,29)/t20-/m1/s1. The van der Waals surface area contributed by atoms with E-state index in [0.29, 0.717) is 12.0 Å². The van der Waals surface area contributed by atoms with E-state index in [2.05, 4.69) is 26.1 Å². The molecule has 1 heterocycles. The topological polar surface area (TPSA) is 110 Å². The fraction of sp³-hybridized carbons (Fsp3) is 0.400. The minimum Gasteiger partial charge on any atom is -0.349 e. The lowest BCUT2D eigenvalue weighted by molar-refractivity contribution is -0.384. The normalized spacial score (nSPS) is 14.8. The van der Waals surface area contributed by atoms with Crippen molar-refractivity contribution < 1.29 is 19.3 Å². The van der Waals surface area contributed by atoms with Gasteiger partial charge in [-0.15, -0.1) is 0 Å². The van der Waals surface area contributed by atoms with E-state index in [1.54, 1.807) is 24.3 Å². The zero-order valence-corrected chi connectivity index (χ0v) is 19.5. The third-order valence-electron chi connectivity index (χ3n) is 5.45. The van der Waals surface area contributed by atoms with E-state index in [1.165, 1.54) is 24.3 Å². The van der Waals surface area contributed by atoms with Gasteiger partial charge in [-0.2, -0.15) is 0 Å². The number of rotatable bonds is 7. The second-order valence-electron chi connectivity index (χ2n) is 10.3. The molecule has 3 amide bonds. The molecular weight excluding hydrogens is 422 g/mol. The monoisotopic (exact) mass is 451 g/mol. The number of carbonyl (C=O) groups is 3. The molecule has 174 valence electrons. The number of imide groups is 1. The lowest BCUT2D eigenvalue weighted by Crippen LogP contribution is -2.56. The third-order valence-corrected chi connectivity index (χ3v) is 5.45. The van der Waals surface area contributed by atoms with Crippen LogP contribution in [0.2, 0.25) is 0 Å². The molecule has 1 N–H and O–H groups in total. The first-order chi connectivity index (χ1) is 15.3. The Morgan fingerprint density at radius 2 is 1.48 bits per heavy atom. The van der Waals surface area contributed by atoms with Crippen LogP contribution in [0.5, 0.6) is 0 Å². The van der Waals surface area contributed by atoms with Gasteiger partial charge < -0.3 is 5.32 Å². The van der Waals surface area contributed by atoms with Gasteiger partial charge in [-0.25, -0.2) is 0 Å². The SMILES string of the molecule is CC(C)(C)CC(C)(C)NC(=O)[C@@H](Cc1ccc([N+](=O)[O-])cc1)N1C(=O)c2ccccc2C1=O. The third kappa shape index (κ3) is 5.45. The van der Waals surface area contributed by atoms with Crippen LogP contribution in [-0.2, 0) is 11.2 Å². The number of fused-ring (bicyclic) bond motifs is 1. The number of hydrogen-bond acceptors (Lipinski definition) is 5. The quantitative estimate of drug-likeness (QED) is 0.387. The molecule has 0 saturated carbocycles. The molecule has 1 aliphatic heterocycles. The highest BCUT2D eigenvalue weighted by molar-refractivity contribution is 6.22. The van der Waals surface area contributed by atoms with Crippen LogP contribution in [0.3, 0.4) is 0 Å². The Labute approximate surface area is 193 Å². The van der Waals surface area contributed by atoms with Gasteiger partial charge in [0.15, 0.2) is 0 Å². The summed E-state index contributed by atoms with van der Waals surface area (Å²) >= 11 is 0. The number of nitrogens with zero attached hydrogens (tertiary/aromatic N) is 2. The Kier molecular flexibility index (Phi) is 6.40. The van der Waals surface area contributed by atoms with Crippen molar-refractivity contribution >= 4 is 23.4 Å². The molecule has 0 radical (unpaired) electrons. The molecule has 1 aliphatic rings. The predicted molar refractivity (Wildman–Crippen MR) is 124 cm³/mol. The highest BCUT2D eigenvalue weighted by atomic mass is 16.6. The number of nitro benzene ring substituents is 1. The van der Waals surface area contributed by atoms with E-state index in [0.717, 1.165) is 4.90 Å². The Balaban J connectivity index is 1.94. The van der Waals surface area contributed by atoms with Crippen molar-refractivity contribution in [1.82, 2.24) is 10.2 Å². The molecule has 2 aromatic carbocycles. The van der Waals surface area contributed by atoms with Crippen molar-refractivity contribution in [3.05, 3.63) is 75.3 Å². The van der Waals surface area contributed by atoms with Gasteiger partial charge in [0.1, 0.15) is 6.04 Å². The average Bonchev–Trinajstić information content (AvgIpc) is 2.95. The van der Waals surface area contributed by atoms with Crippen molar-refractivity contribution in [2.45, 2.75) is 59.0 Å². The number of amides is 3. The molecule has 2 aromatic rings. The molecule has 33 heavy (non-hydrogen) atoms. The Bertz CT molecular complexity index is 1060. The summed E-state index contributed by atoms with van der Waals surface area (Å²) in [6, 6.07) is 11.1. The zero-order chi connectivity index (χ0) is 24.6. The van der Waals surface area contributed by atoms with Crippen LogP contribution in [0, 0.1) is 15.5 Å². The predicted octanol–water partition coefficient (Wildman–Crippen LogP) is 4.13. The summed E-state index contributed by atoms with van der Waals surface area (Å²) < 4.78 is 0. The van der Waals surface area contributed by atoms with Gasteiger partial charge in [0.25, 0.3) is 17.5 Å². The summed E-state index contributed by atoms with van der Waals surface area (Å²) in [7, 11) is 0. The largest absolute Gasteiger partial charge is 0.349 e. The molecule has 0 bridgehead atoms. The Hall–Kier alpha value is -3.55. The van der Waals surface area contributed by atoms with Crippen LogP contribution < -0.4 is 5.32 Å². The van der Waals surface area contributed by atoms with Crippen LogP contribution in [-0.4, -0.2) is 39.1 Å². The summed E-state index contributed by atoms with van der Waals surface area (Å²) in [5.41, 5.74) is 0.413. The Morgan fingerprint density at radius 1 is 0.970 bits per heavy atom. The summed E-state index contributed by atoms with van der Waals surface area (Å²) in [6.07, 6.45) is 0.721. The maximum absolute atomic E-state index is 13.5. The van der Waals surface area contributed by atoms with Crippen molar-refractivity contribution in [3.63, 3.8) is 0 Å². The molecule has 0 aromatic heterocycles. The molecule has 0 unspecified atom stereocenters. The maximum Gasteiger partial charge on any atom is 0.269 e. The van der Waals surface area contributed by atoms with Crippen molar-refractivity contribution in [3.8, 4) is 0 Å². The smallest absolute Gasteiger partial charge is 0.269 e. The van der Waals surface area contributed by atoms with Crippen LogP contribution in [0.15, 0.2) is 48.5 Å². The van der Waals surface area contributed by atoms with Crippen LogP contribution >= 0.6 is 0 Å². The highest BCUT2D eigenvalue weighted by Gasteiger charge is 2.43. The van der Waals surface area contributed by atoms with Gasteiger partial charge in [0.2, 0.25) is 5.91 Å². The van der Waals surface area contributed by atoms with Gasteiger partial charge >= 0.3 is 0 Å². The van der Waals surface area contributed by atoms with Gasteiger partial charge in [-0.3, -0.25) is 29.4 Å². The van der Waals surface area contributed by atoms with E-state index in [4.69, 9.17) is 0 Å². The lowest BCUT2D eigenvalue weighted by Gasteiger charge is -2.35. The van der Waals surface area contributed by atoms with E-state index >= 15 is 0 Å². The summed E-state index contributed by atoms with van der Waals surface area (Å²) in [5, 5.41) is 14.0. The first-order valence-corrected chi connectivity index (χ1v) is 10.8. The number of carbonyl (C=O) groups excluding carboxylic acids is 3. The summed E-state index contributed by atoms with van der Waals surface area (Å²) in [5.74, 6) is -1.49. The minimum atomic E-state index is -1.10. The lowest BCUT2D eigenvalue weighted by atomic mass is 9.81. The van der Waals surface area contributed by atoms with Crippen LogP contribution in [0.25, 0.3) is 0 Å². The molecule has 1 atom stereocenters. The van der Waals surface area contributed by atoms with Gasteiger partial charge in [0, 0.05) is 24.1 Å². The molecule has 3 rings (SSSR count). The number of hydrogen-bond donors (Lipinski definition) is 1. The first-order valence-electron chi connectivity index (χ1n) is 10.8. The number of non-ortho nitro benzene ring substituents is 1. The number of benzene rings is 2. The fourth-order valence-electron chi connectivity index (χ4n) is 4.56. The molecule has 0 saturated heterocycles. The van der Waals surface area contributed by atoms with E-state index in [9.17, 15) is 24.5 Å². The molecule has 8 heteroatoms. The van der Waals surface area contributed by atoms with Crippen LogP contribution in [0.4, 0.5) is 5.69 Å². The average molecular weight is 452 g/mol. The van der Waals surface area contributed by atoms with E-state index in [1.807, 2.05) is 13.8 Å². The fourth-order valence-corrected chi connectivity index (χ4v) is 4.56. The van der Waals surface area contributed by atoms with E-state index < -0.39 is 34.2 Å². The summed E-state index contributed by atoms with van der Waals surface area (Å²) in [4.78, 5) is 51.2. The first kappa shape index (κ1) is 24.1. The van der Waals surface area contributed by atoms with Crippen LogP contribution in [0.1, 0.15) is 67.3 Å². The Morgan fingerprint density at radius 3 is 1.94 bits per heavy atom. The minimum absolute atomic E-state index is 0.0426. The number of nitro groups is 1. The van der Waals surface area contributed by atoms with Crippen molar-refractivity contribution in [2.24, 2.45) is 5.41 Å². The number of nitrogens with one attached hydrogen (secondary N) is 1.